The zero-order chi connectivity index (χ0) is 15.0. The van der Waals surface area contributed by atoms with Crippen LogP contribution in [0.15, 0.2) is 58.1 Å². The lowest BCUT2D eigenvalue weighted by molar-refractivity contribution is 0.506. The van der Waals surface area contributed by atoms with Crippen molar-refractivity contribution in [3.8, 4) is 0 Å². The Bertz CT molecular complexity index is 574. The topological polar surface area (TPSA) is 49.6 Å². The summed E-state index contributed by atoms with van der Waals surface area (Å²) < 4.78 is 5.35. The Morgan fingerprint density at radius 2 is 1.95 bits per heavy atom. The summed E-state index contributed by atoms with van der Waals surface area (Å²) in [7, 11) is 0. The monoisotopic (exact) mass is 297 g/mol. The van der Waals surface area contributed by atoms with Crippen LogP contribution in [0.4, 0.5) is 0 Å². The highest BCUT2D eigenvalue weighted by molar-refractivity contribution is 5.79. The number of benzene rings is 1. The van der Waals surface area contributed by atoms with Gasteiger partial charge in [0, 0.05) is 19.5 Å². The molecule has 1 heterocycles. The predicted molar refractivity (Wildman–Crippen MR) is 88.7 cm³/mol. The van der Waals surface area contributed by atoms with Crippen LogP contribution in [-0.4, -0.2) is 19.0 Å². The van der Waals surface area contributed by atoms with Gasteiger partial charge in [-0.2, -0.15) is 0 Å². The van der Waals surface area contributed by atoms with E-state index in [0.717, 1.165) is 37.1 Å². The Labute approximate surface area is 131 Å². The van der Waals surface area contributed by atoms with E-state index in [1.807, 2.05) is 30.3 Å². The lowest BCUT2D eigenvalue weighted by atomic mass is 10.2. The molecular weight excluding hydrogens is 274 g/mol. The van der Waals surface area contributed by atoms with Crippen molar-refractivity contribution in [3.63, 3.8) is 0 Å². The van der Waals surface area contributed by atoms with Gasteiger partial charge in [0.15, 0.2) is 5.96 Å². The molecule has 0 atom stereocenters. The van der Waals surface area contributed by atoms with Gasteiger partial charge in [-0.1, -0.05) is 30.3 Å². The van der Waals surface area contributed by atoms with Gasteiger partial charge >= 0.3 is 0 Å². The van der Waals surface area contributed by atoms with Crippen molar-refractivity contribution in [2.24, 2.45) is 10.9 Å². The third-order valence-corrected chi connectivity index (χ3v) is 3.76. The van der Waals surface area contributed by atoms with E-state index >= 15 is 0 Å². The number of nitrogens with one attached hydrogen (secondary N) is 2. The van der Waals surface area contributed by atoms with Gasteiger partial charge in [0.2, 0.25) is 0 Å². The maximum absolute atomic E-state index is 5.35. The molecule has 0 aliphatic heterocycles. The molecule has 0 radical (unpaired) electrons. The lowest BCUT2D eigenvalue weighted by Gasteiger charge is -2.12. The van der Waals surface area contributed by atoms with Gasteiger partial charge in [-0.15, -0.1) is 0 Å². The summed E-state index contributed by atoms with van der Waals surface area (Å²) in [6, 6.07) is 14.3. The van der Waals surface area contributed by atoms with E-state index in [0.29, 0.717) is 6.54 Å². The van der Waals surface area contributed by atoms with Crippen LogP contribution in [0, 0.1) is 5.92 Å². The fraction of sp³-hybridized carbons (Fsp3) is 0.389. The number of hydrogen-bond donors (Lipinski definition) is 2. The molecule has 2 aromatic rings. The maximum atomic E-state index is 5.35. The summed E-state index contributed by atoms with van der Waals surface area (Å²) in [5.74, 6) is 2.72. The van der Waals surface area contributed by atoms with Crippen molar-refractivity contribution in [2.75, 3.05) is 13.1 Å². The van der Waals surface area contributed by atoms with Crippen LogP contribution < -0.4 is 10.6 Å². The van der Waals surface area contributed by atoms with Crippen molar-refractivity contribution in [2.45, 2.75) is 25.8 Å². The first kappa shape index (κ1) is 14.7. The number of aliphatic imine (C=N–C) groups is 1. The summed E-state index contributed by atoms with van der Waals surface area (Å²) in [6.07, 6.45) is 5.25. The molecule has 0 spiro atoms. The van der Waals surface area contributed by atoms with Gasteiger partial charge in [-0.25, -0.2) is 4.99 Å². The van der Waals surface area contributed by atoms with E-state index in [1.54, 1.807) is 6.26 Å². The highest BCUT2D eigenvalue weighted by atomic mass is 16.3. The van der Waals surface area contributed by atoms with Crippen molar-refractivity contribution in [3.05, 3.63) is 60.1 Å². The van der Waals surface area contributed by atoms with Crippen molar-refractivity contribution in [1.29, 1.82) is 0 Å². The fourth-order valence-electron chi connectivity index (χ4n) is 2.25. The number of hydrogen-bond acceptors (Lipinski definition) is 2. The number of furan rings is 1. The molecule has 3 rings (SSSR count). The van der Waals surface area contributed by atoms with E-state index in [-0.39, 0.29) is 0 Å². The molecule has 0 saturated heterocycles. The van der Waals surface area contributed by atoms with E-state index < -0.39 is 0 Å². The molecule has 0 unspecified atom stereocenters. The second-order valence-electron chi connectivity index (χ2n) is 5.73. The molecule has 116 valence electrons. The summed E-state index contributed by atoms with van der Waals surface area (Å²) in [6.45, 7) is 2.53. The zero-order valence-electron chi connectivity index (χ0n) is 12.8. The standard InChI is InChI=1S/C18H23N3O/c1-2-5-15(6-3-1)13-20-18(21-14-16-8-9-16)19-11-10-17-7-4-12-22-17/h1-7,12,16H,8-11,13-14H2,(H2,19,20,21). The summed E-state index contributed by atoms with van der Waals surface area (Å²) in [5.41, 5.74) is 1.22. The van der Waals surface area contributed by atoms with E-state index in [1.165, 1.54) is 18.4 Å². The van der Waals surface area contributed by atoms with Crippen LogP contribution in [0.3, 0.4) is 0 Å². The second-order valence-corrected chi connectivity index (χ2v) is 5.73. The molecule has 1 aliphatic carbocycles. The smallest absolute Gasteiger partial charge is 0.191 e. The molecule has 1 aliphatic rings. The second kappa shape index (κ2) is 7.69. The Morgan fingerprint density at radius 1 is 1.09 bits per heavy atom. The van der Waals surface area contributed by atoms with Gasteiger partial charge in [-0.3, -0.25) is 0 Å². The van der Waals surface area contributed by atoms with Crippen LogP contribution >= 0.6 is 0 Å². The third-order valence-electron chi connectivity index (χ3n) is 3.76. The first-order chi connectivity index (χ1) is 10.9. The highest BCUT2D eigenvalue weighted by Crippen LogP contribution is 2.27. The third kappa shape index (κ3) is 4.95. The minimum atomic E-state index is 0.696. The van der Waals surface area contributed by atoms with Crippen LogP contribution in [0.25, 0.3) is 0 Å². The molecule has 4 nitrogen and oxygen atoms in total. The normalized spacial score (nSPS) is 14.8. The van der Waals surface area contributed by atoms with E-state index in [2.05, 4.69) is 27.8 Å². The molecule has 2 N–H and O–H groups in total. The summed E-state index contributed by atoms with van der Waals surface area (Å²) >= 11 is 0. The molecule has 22 heavy (non-hydrogen) atoms. The lowest BCUT2D eigenvalue weighted by Crippen LogP contribution is -2.39. The molecule has 1 aromatic heterocycles. The molecule has 1 fully saturated rings. The molecule has 0 amide bonds. The molecule has 1 aromatic carbocycles. The molecule has 4 heteroatoms. The van der Waals surface area contributed by atoms with Crippen LogP contribution in [0.1, 0.15) is 24.2 Å². The Kier molecular flexibility index (Phi) is 5.13. The number of rotatable bonds is 7. The maximum Gasteiger partial charge on any atom is 0.191 e. The van der Waals surface area contributed by atoms with Crippen LogP contribution in [0.2, 0.25) is 0 Å². The van der Waals surface area contributed by atoms with Gasteiger partial charge < -0.3 is 15.1 Å². The first-order valence-corrected chi connectivity index (χ1v) is 7.98. The van der Waals surface area contributed by atoms with Gasteiger partial charge in [0.25, 0.3) is 0 Å². The van der Waals surface area contributed by atoms with Crippen LogP contribution in [-0.2, 0) is 13.0 Å². The first-order valence-electron chi connectivity index (χ1n) is 7.98. The molecular formula is C18H23N3O. The fourth-order valence-corrected chi connectivity index (χ4v) is 2.25. The van der Waals surface area contributed by atoms with Crippen molar-refractivity contribution < 1.29 is 4.42 Å². The van der Waals surface area contributed by atoms with Gasteiger partial charge in [-0.05, 0) is 36.5 Å². The predicted octanol–water partition coefficient (Wildman–Crippen LogP) is 2.97. The Hall–Kier alpha value is -2.23. The highest BCUT2D eigenvalue weighted by Gasteiger charge is 2.21. The Morgan fingerprint density at radius 3 is 2.68 bits per heavy atom. The van der Waals surface area contributed by atoms with Crippen molar-refractivity contribution >= 4 is 5.96 Å². The largest absolute Gasteiger partial charge is 0.469 e. The molecule has 1 saturated carbocycles. The average molecular weight is 297 g/mol. The minimum absolute atomic E-state index is 0.696. The summed E-state index contributed by atoms with van der Waals surface area (Å²) in [5, 5.41) is 6.83. The summed E-state index contributed by atoms with van der Waals surface area (Å²) in [4.78, 5) is 4.68. The Balaban J connectivity index is 1.50. The number of nitrogens with zero attached hydrogens (tertiary/aromatic N) is 1. The SMILES string of the molecule is c1ccc(CN=C(NCCc2ccco2)NCC2CC2)cc1. The average Bonchev–Trinajstić information content (AvgIpc) is 3.24. The van der Waals surface area contributed by atoms with Gasteiger partial charge in [0.05, 0.1) is 12.8 Å². The number of guanidine groups is 1. The van der Waals surface area contributed by atoms with Crippen LogP contribution in [0.5, 0.6) is 0 Å². The zero-order valence-corrected chi connectivity index (χ0v) is 12.8. The van der Waals surface area contributed by atoms with Crippen molar-refractivity contribution in [1.82, 2.24) is 10.6 Å². The minimum Gasteiger partial charge on any atom is -0.469 e. The quantitative estimate of drug-likeness (QED) is 0.610. The van der Waals surface area contributed by atoms with Gasteiger partial charge in [0.1, 0.15) is 5.76 Å². The van der Waals surface area contributed by atoms with E-state index in [9.17, 15) is 0 Å². The molecule has 0 bridgehead atoms. The van der Waals surface area contributed by atoms with E-state index in [4.69, 9.17) is 4.42 Å².